The van der Waals surface area contributed by atoms with Gasteiger partial charge in [-0.25, -0.2) is 0 Å². The van der Waals surface area contributed by atoms with E-state index in [1.54, 1.807) is 0 Å². The summed E-state index contributed by atoms with van der Waals surface area (Å²) < 4.78 is 5.25. The molecule has 54 valence electrons. The first-order valence-electron chi connectivity index (χ1n) is 3.34. The molecule has 10 heavy (non-hydrogen) atoms. The van der Waals surface area contributed by atoms with E-state index in [9.17, 15) is 4.79 Å². The van der Waals surface area contributed by atoms with Gasteiger partial charge in [-0.1, -0.05) is 12.2 Å². The fourth-order valence-corrected chi connectivity index (χ4v) is 1.51. The molecule has 0 aliphatic carbocycles. The minimum absolute atomic E-state index is 0.0751. The van der Waals surface area contributed by atoms with Gasteiger partial charge in [0.05, 0.1) is 18.1 Å². The van der Waals surface area contributed by atoms with Gasteiger partial charge in [0.1, 0.15) is 0 Å². The number of carboxylic acids is 1. The second-order valence-electron chi connectivity index (χ2n) is 2.70. The molecule has 0 aromatic rings. The van der Waals surface area contributed by atoms with Crippen molar-refractivity contribution in [1.82, 2.24) is 0 Å². The third kappa shape index (κ3) is 0.671. The molecule has 2 bridgehead atoms. The highest BCUT2D eigenvalue weighted by Crippen LogP contribution is 2.33. The van der Waals surface area contributed by atoms with E-state index in [0.29, 0.717) is 6.42 Å². The molecule has 0 spiro atoms. The van der Waals surface area contributed by atoms with Crippen LogP contribution in [0.25, 0.3) is 0 Å². The summed E-state index contributed by atoms with van der Waals surface area (Å²) in [7, 11) is 0. The Kier molecular flexibility index (Phi) is 1.08. The van der Waals surface area contributed by atoms with Gasteiger partial charge in [0.25, 0.3) is 0 Å². The van der Waals surface area contributed by atoms with Crippen LogP contribution < -0.4 is 0 Å². The summed E-state index contributed by atoms with van der Waals surface area (Å²) in [5.74, 6) is -1.04. The summed E-state index contributed by atoms with van der Waals surface area (Å²) in [6, 6.07) is 0. The zero-order chi connectivity index (χ0) is 7.14. The fourth-order valence-electron chi connectivity index (χ4n) is 1.51. The molecular formula is C7H8O3. The summed E-state index contributed by atoms with van der Waals surface area (Å²) in [6.45, 7) is 0. The monoisotopic (exact) mass is 140 g/mol. The summed E-state index contributed by atoms with van der Waals surface area (Å²) in [6.07, 6.45) is 4.35. The number of ether oxygens (including phenoxy) is 1. The Morgan fingerprint density at radius 1 is 1.60 bits per heavy atom. The molecule has 3 heteroatoms. The number of hydrogen-bond acceptors (Lipinski definition) is 2. The van der Waals surface area contributed by atoms with Crippen molar-refractivity contribution in [2.75, 3.05) is 0 Å². The Labute approximate surface area is 58.3 Å². The second kappa shape index (κ2) is 1.83. The molecule has 2 aliphatic heterocycles. The van der Waals surface area contributed by atoms with Crippen LogP contribution in [0.3, 0.4) is 0 Å². The molecule has 0 saturated carbocycles. The smallest absolute Gasteiger partial charge is 0.309 e. The van der Waals surface area contributed by atoms with Crippen molar-refractivity contribution in [3.63, 3.8) is 0 Å². The van der Waals surface area contributed by atoms with E-state index in [4.69, 9.17) is 9.84 Å². The Morgan fingerprint density at radius 3 is 2.70 bits per heavy atom. The standard InChI is InChI=1S/C7H8O3/c8-7(9)5-3-4-1-2-6(5)10-4/h1-2,4-6H,3H2,(H,8,9)/t4-,5-,6+/m1/s1. The van der Waals surface area contributed by atoms with Gasteiger partial charge in [0, 0.05) is 0 Å². The lowest BCUT2D eigenvalue weighted by atomic mass is 9.95. The molecule has 2 heterocycles. The van der Waals surface area contributed by atoms with Crippen molar-refractivity contribution in [1.29, 1.82) is 0 Å². The minimum Gasteiger partial charge on any atom is -0.481 e. The Balaban J connectivity index is 2.16. The average Bonchev–Trinajstić information content (AvgIpc) is 2.44. The lowest BCUT2D eigenvalue weighted by molar-refractivity contribution is -0.142. The van der Waals surface area contributed by atoms with E-state index >= 15 is 0 Å². The molecule has 1 saturated heterocycles. The Morgan fingerprint density at radius 2 is 2.40 bits per heavy atom. The van der Waals surface area contributed by atoms with E-state index < -0.39 is 5.97 Å². The zero-order valence-corrected chi connectivity index (χ0v) is 5.36. The first-order chi connectivity index (χ1) is 4.77. The van der Waals surface area contributed by atoms with Crippen LogP contribution in [-0.4, -0.2) is 23.3 Å². The summed E-state index contributed by atoms with van der Waals surface area (Å²) in [5.41, 5.74) is 0. The van der Waals surface area contributed by atoms with Crippen LogP contribution >= 0.6 is 0 Å². The predicted molar refractivity (Wildman–Crippen MR) is 33.5 cm³/mol. The van der Waals surface area contributed by atoms with Crippen LogP contribution in [-0.2, 0) is 9.53 Å². The third-order valence-corrected chi connectivity index (χ3v) is 2.05. The average molecular weight is 140 g/mol. The highest BCUT2D eigenvalue weighted by atomic mass is 16.5. The minimum atomic E-state index is -0.739. The molecule has 0 unspecified atom stereocenters. The van der Waals surface area contributed by atoms with Crippen molar-refractivity contribution < 1.29 is 14.6 Å². The van der Waals surface area contributed by atoms with Crippen LogP contribution in [0.1, 0.15) is 6.42 Å². The number of aliphatic carboxylic acids is 1. The Hall–Kier alpha value is -0.830. The highest BCUT2D eigenvalue weighted by Gasteiger charge is 2.40. The van der Waals surface area contributed by atoms with Crippen molar-refractivity contribution in [3.05, 3.63) is 12.2 Å². The van der Waals surface area contributed by atoms with Gasteiger partial charge in [-0.2, -0.15) is 0 Å². The summed E-state index contributed by atoms with van der Waals surface area (Å²) in [4.78, 5) is 10.5. The van der Waals surface area contributed by atoms with Crippen LogP contribution in [0, 0.1) is 5.92 Å². The van der Waals surface area contributed by atoms with Gasteiger partial charge in [-0.3, -0.25) is 4.79 Å². The number of fused-ring (bicyclic) bond motifs is 2. The van der Waals surface area contributed by atoms with E-state index in [-0.39, 0.29) is 18.1 Å². The van der Waals surface area contributed by atoms with Crippen molar-refractivity contribution in [2.45, 2.75) is 18.6 Å². The first kappa shape index (κ1) is 5.92. The van der Waals surface area contributed by atoms with Gasteiger partial charge in [-0.05, 0) is 6.42 Å². The van der Waals surface area contributed by atoms with E-state index in [0.717, 1.165) is 0 Å². The SMILES string of the molecule is O=C(O)[C@@H]1C[C@H]2C=C[C@@H]1O2. The maximum atomic E-state index is 10.5. The van der Waals surface area contributed by atoms with Crippen LogP contribution in [0.15, 0.2) is 12.2 Å². The summed E-state index contributed by atoms with van der Waals surface area (Å²) in [5, 5.41) is 8.62. The number of carbonyl (C=O) groups is 1. The van der Waals surface area contributed by atoms with Crippen molar-refractivity contribution in [2.24, 2.45) is 5.92 Å². The maximum Gasteiger partial charge on any atom is 0.309 e. The van der Waals surface area contributed by atoms with Gasteiger partial charge in [0.15, 0.2) is 0 Å². The van der Waals surface area contributed by atoms with Gasteiger partial charge in [0.2, 0.25) is 0 Å². The van der Waals surface area contributed by atoms with Gasteiger partial charge >= 0.3 is 5.97 Å². The van der Waals surface area contributed by atoms with Crippen LogP contribution in [0.2, 0.25) is 0 Å². The second-order valence-corrected chi connectivity index (χ2v) is 2.70. The van der Waals surface area contributed by atoms with Crippen LogP contribution in [0.4, 0.5) is 0 Å². The predicted octanol–water partition coefficient (Wildman–Crippen LogP) is 0.415. The topological polar surface area (TPSA) is 46.5 Å². The Bertz CT molecular complexity index is 197. The molecule has 2 rings (SSSR count). The third-order valence-electron chi connectivity index (χ3n) is 2.05. The normalized spacial score (nSPS) is 42.6. The molecule has 3 nitrogen and oxygen atoms in total. The molecule has 1 fully saturated rings. The van der Waals surface area contributed by atoms with Crippen LogP contribution in [0.5, 0.6) is 0 Å². The highest BCUT2D eigenvalue weighted by molar-refractivity contribution is 5.72. The maximum absolute atomic E-state index is 10.5. The van der Waals surface area contributed by atoms with Crippen molar-refractivity contribution in [3.8, 4) is 0 Å². The first-order valence-corrected chi connectivity index (χ1v) is 3.34. The molecule has 0 radical (unpaired) electrons. The van der Waals surface area contributed by atoms with Gasteiger partial charge < -0.3 is 9.84 Å². The lowest BCUT2D eigenvalue weighted by Crippen LogP contribution is -2.22. The number of carboxylic acid groups (broad SMARTS) is 1. The molecule has 0 aromatic carbocycles. The van der Waals surface area contributed by atoms with E-state index in [2.05, 4.69) is 0 Å². The zero-order valence-electron chi connectivity index (χ0n) is 5.36. The molecular weight excluding hydrogens is 132 g/mol. The summed E-state index contributed by atoms with van der Waals surface area (Å²) >= 11 is 0. The quantitative estimate of drug-likeness (QED) is 0.537. The number of hydrogen-bond donors (Lipinski definition) is 1. The van der Waals surface area contributed by atoms with Crippen molar-refractivity contribution >= 4 is 5.97 Å². The molecule has 1 N–H and O–H groups in total. The van der Waals surface area contributed by atoms with Gasteiger partial charge in [-0.15, -0.1) is 0 Å². The molecule has 0 amide bonds. The van der Waals surface area contributed by atoms with E-state index in [1.807, 2.05) is 12.2 Å². The lowest BCUT2D eigenvalue weighted by Gasteiger charge is -2.08. The molecule has 3 atom stereocenters. The number of rotatable bonds is 1. The molecule has 0 aromatic heterocycles. The largest absolute Gasteiger partial charge is 0.481 e. The molecule has 2 aliphatic rings. The fraction of sp³-hybridized carbons (Fsp3) is 0.571. The van der Waals surface area contributed by atoms with E-state index in [1.165, 1.54) is 0 Å².